The van der Waals surface area contributed by atoms with Crippen molar-refractivity contribution in [2.45, 2.75) is 51.1 Å². The Morgan fingerprint density at radius 3 is 2.15 bits per heavy atom. The Bertz CT molecular complexity index is 835. The summed E-state index contributed by atoms with van der Waals surface area (Å²) in [4.78, 5) is 61.4. The summed E-state index contributed by atoms with van der Waals surface area (Å²) in [6.07, 6.45) is 2.24. The van der Waals surface area contributed by atoms with Crippen LogP contribution < -0.4 is 16.0 Å². The second-order valence-corrected chi connectivity index (χ2v) is 7.18. The van der Waals surface area contributed by atoms with Crippen molar-refractivity contribution < 1.29 is 43.7 Å². The number of rotatable bonds is 14. The molecule has 0 aliphatic rings. The Balaban J connectivity index is 2.53. The van der Waals surface area contributed by atoms with E-state index in [1.165, 1.54) is 6.07 Å². The molecule has 3 amide bonds. The monoisotopic (exact) mass is 470 g/mol. The zero-order valence-corrected chi connectivity index (χ0v) is 17.9. The number of amides is 3. The van der Waals surface area contributed by atoms with Crippen LogP contribution >= 0.6 is 0 Å². The maximum atomic E-state index is 12.8. The molecule has 0 aliphatic heterocycles. The number of urea groups is 1. The number of carboxylic acid groups (broad SMARTS) is 3. The van der Waals surface area contributed by atoms with Gasteiger partial charge in [0.2, 0.25) is 5.95 Å². The summed E-state index contributed by atoms with van der Waals surface area (Å²) in [6.45, 7) is 1.88. The molecule has 33 heavy (non-hydrogen) atoms. The Morgan fingerprint density at radius 1 is 0.970 bits per heavy atom. The molecule has 6 N–H and O–H groups in total. The van der Waals surface area contributed by atoms with Gasteiger partial charge in [-0.25, -0.2) is 14.6 Å². The van der Waals surface area contributed by atoms with Crippen molar-refractivity contribution in [3.8, 4) is 0 Å². The van der Waals surface area contributed by atoms with E-state index in [4.69, 9.17) is 10.2 Å². The molecule has 0 aromatic carbocycles. The van der Waals surface area contributed by atoms with Crippen LogP contribution in [0.1, 0.15) is 49.4 Å². The third kappa shape index (κ3) is 9.49. The molecule has 0 aliphatic carbocycles. The number of nitrogens with one attached hydrogen (secondary N) is 3. The Morgan fingerprint density at radius 2 is 1.64 bits per heavy atom. The first-order valence-corrected chi connectivity index (χ1v) is 10.2. The molecule has 1 aromatic rings. The summed E-state index contributed by atoms with van der Waals surface area (Å²) in [7, 11) is 0. The van der Waals surface area contributed by atoms with Gasteiger partial charge in [0.1, 0.15) is 6.04 Å². The molecule has 0 fully saturated rings. The summed E-state index contributed by atoms with van der Waals surface area (Å²) in [5, 5.41) is 34.6. The van der Waals surface area contributed by atoms with Gasteiger partial charge in [-0.2, -0.15) is 4.39 Å². The SMILES string of the molecule is CCCC(NC(=O)NC(CCCCNC(=O)c1ccc(F)nc1)C(=O)O)C(C(=O)O)C(=O)O. The molecule has 0 radical (unpaired) electrons. The largest absolute Gasteiger partial charge is 0.481 e. The van der Waals surface area contributed by atoms with Crippen LogP contribution in [-0.4, -0.2) is 68.8 Å². The van der Waals surface area contributed by atoms with Gasteiger partial charge in [-0.15, -0.1) is 0 Å². The average Bonchev–Trinajstić information content (AvgIpc) is 2.72. The van der Waals surface area contributed by atoms with Gasteiger partial charge in [0.15, 0.2) is 5.92 Å². The minimum absolute atomic E-state index is 0.0104. The van der Waals surface area contributed by atoms with Gasteiger partial charge in [0.05, 0.1) is 11.6 Å². The molecule has 2 atom stereocenters. The Hall–Kier alpha value is -3.77. The number of carbonyl (C=O) groups is 5. The van der Waals surface area contributed by atoms with Crippen molar-refractivity contribution in [1.82, 2.24) is 20.9 Å². The number of hydrogen-bond acceptors (Lipinski definition) is 6. The third-order valence-electron chi connectivity index (χ3n) is 4.65. The molecule has 1 aromatic heterocycles. The fourth-order valence-corrected chi connectivity index (χ4v) is 3.00. The second-order valence-electron chi connectivity index (χ2n) is 7.18. The fraction of sp³-hybridized carbons (Fsp3) is 0.500. The van der Waals surface area contributed by atoms with E-state index in [2.05, 4.69) is 20.9 Å². The van der Waals surface area contributed by atoms with Crippen LogP contribution in [0.5, 0.6) is 0 Å². The molecule has 13 heteroatoms. The minimum Gasteiger partial charge on any atom is -0.481 e. The molecule has 0 saturated carbocycles. The number of halogens is 1. The number of carboxylic acids is 3. The number of nitrogens with zero attached hydrogens (tertiary/aromatic N) is 1. The molecule has 0 spiro atoms. The number of unbranched alkanes of at least 4 members (excludes halogenated alkanes) is 1. The van der Waals surface area contributed by atoms with E-state index in [1.807, 2.05) is 0 Å². The molecule has 0 saturated heterocycles. The van der Waals surface area contributed by atoms with Gasteiger partial charge in [0.25, 0.3) is 5.91 Å². The predicted molar refractivity (Wildman–Crippen MR) is 111 cm³/mol. The van der Waals surface area contributed by atoms with Gasteiger partial charge >= 0.3 is 23.9 Å². The quantitative estimate of drug-likeness (QED) is 0.130. The van der Waals surface area contributed by atoms with E-state index >= 15 is 0 Å². The van der Waals surface area contributed by atoms with E-state index in [-0.39, 0.29) is 24.9 Å². The molecule has 1 rings (SSSR count). The maximum absolute atomic E-state index is 12.8. The molecule has 182 valence electrons. The summed E-state index contributed by atoms with van der Waals surface area (Å²) in [6, 6.07) is -1.21. The van der Waals surface area contributed by atoms with E-state index in [1.54, 1.807) is 6.92 Å². The van der Waals surface area contributed by atoms with Crippen molar-refractivity contribution in [2.24, 2.45) is 5.92 Å². The fourth-order valence-electron chi connectivity index (χ4n) is 3.00. The highest BCUT2D eigenvalue weighted by Gasteiger charge is 2.35. The lowest BCUT2D eigenvalue weighted by Crippen LogP contribution is -2.53. The van der Waals surface area contributed by atoms with E-state index < -0.39 is 53.8 Å². The van der Waals surface area contributed by atoms with Crippen molar-refractivity contribution in [3.63, 3.8) is 0 Å². The lowest BCUT2D eigenvalue weighted by Gasteiger charge is -2.23. The van der Waals surface area contributed by atoms with Gasteiger partial charge in [0, 0.05) is 12.7 Å². The summed E-state index contributed by atoms with van der Waals surface area (Å²) >= 11 is 0. The summed E-state index contributed by atoms with van der Waals surface area (Å²) in [5.74, 6) is -7.62. The van der Waals surface area contributed by atoms with Crippen molar-refractivity contribution >= 4 is 29.8 Å². The van der Waals surface area contributed by atoms with Crippen LogP contribution in [0.25, 0.3) is 0 Å². The van der Waals surface area contributed by atoms with Gasteiger partial charge in [-0.1, -0.05) is 13.3 Å². The molecule has 0 bridgehead atoms. The lowest BCUT2D eigenvalue weighted by molar-refractivity contribution is -0.156. The van der Waals surface area contributed by atoms with E-state index in [0.717, 1.165) is 12.3 Å². The molecular formula is C20H27FN4O8. The molecule has 1 heterocycles. The maximum Gasteiger partial charge on any atom is 0.326 e. The molecular weight excluding hydrogens is 443 g/mol. The second kappa shape index (κ2) is 13.6. The van der Waals surface area contributed by atoms with Crippen LogP contribution in [0.4, 0.5) is 9.18 Å². The van der Waals surface area contributed by atoms with Crippen molar-refractivity contribution in [1.29, 1.82) is 0 Å². The smallest absolute Gasteiger partial charge is 0.326 e. The predicted octanol–water partition coefficient (Wildman–Crippen LogP) is 0.827. The van der Waals surface area contributed by atoms with Crippen LogP contribution in [0.15, 0.2) is 18.3 Å². The average molecular weight is 470 g/mol. The highest BCUT2D eigenvalue weighted by Crippen LogP contribution is 2.11. The zero-order chi connectivity index (χ0) is 25.0. The van der Waals surface area contributed by atoms with Crippen LogP contribution in [0.3, 0.4) is 0 Å². The van der Waals surface area contributed by atoms with Gasteiger partial charge in [-0.05, 0) is 37.8 Å². The van der Waals surface area contributed by atoms with Gasteiger partial charge in [-0.3, -0.25) is 14.4 Å². The third-order valence-corrected chi connectivity index (χ3v) is 4.65. The number of hydrogen-bond donors (Lipinski definition) is 6. The van der Waals surface area contributed by atoms with Crippen LogP contribution in [0.2, 0.25) is 0 Å². The summed E-state index contributed by atoms with van der Waals surface area (Å²) < 4.78 is 12.8. The van der Waals surface area contributed by atoms with Gasteiger partial charge < -0.3 is 31.3 Å². The number of aliphatic carboxylic acids is 3. The first kappa shape index (κ1) is 27.3. The van der Waals surface area contributed by atoms with E-state index in [0.29, 0.717) is 19.3 Å². The molecule has 12 nitrogen and oxygen atoms in total. The zero-order valence-electron chi connectivity index (χ0n) is 17.9. The minimum atomic E-state index is -1.88. The van der Waals surface area contributed by atoms with Crippen LogP contribution in [0, 0.1) is 11.9 Å². The highest BCUT2D eigenvalue weighted by atomic mass is 19.1. The molecule has 2 unspecified atom stereocenters. The summed E-state index contributed by atoms with van der Waals surface area (Å²) in [5.41, 5.74) is 0.167. The first-order chi connectivity index (χ1) is 15.6. The normalized spacial score (nSPS) is 12.5. The standard InChI is InChI=1S/C20H27FN4O8/c1-2-5-12(15(18(29)30)19(31)32)24-20(33)25-13(17(27)28)6-3-4-9-22-16(26)11-7-8-14(21)23-10-11/h7-8,10,12-13,15H,2-6,9H2,1H3,(H,22,26)(H,27,28)(H,29,30)(H,31,32)(H2,24,25,33). The number of aromatic nitrogens is 1. The van der Waals surface area contributed by atoms with Crippen molar-refractivity contribution in [2.75, 3.05) is 6.54 Å². The topological polar surface area (TPSA) is 195 Å². The first-order valence-electron chi connectivity index (χ1n) is 10.2. The lowest BCUT2D eigenvalue weighted by atomic mass is 9.96. The van der Waals surface area contributed by atoms with Crippen LogP contribution in [-0.2, 0) is 14.4 Å². The number of carbonyl (C=O) groups excluding carboxylic acids is 2. The van der Waals surface area contributed by atoms with E-state index in [9.17, 15) is 33.5 Å². The number of pyridine rings is 1. The highest BCUT2D eigenvalue weighted by molar-refractivity contribution is 5.95. The Kier molecular flexibility index (Phi) is 11.2. The van der Waals surface area contributed by atoms with Crippen molar-refractivity contribution in [3.05, 3.63) is 29.8 Å². The Labute approximate surface area is 188 Å².